The summed E-state index contributed by atoms with van der Waals surface area (Å²) in [6.45, 7) is 2.49. The van der Waals surface area contributed by atoms with Crippen molar-refractivity contribution in [2.75, 3.05) is 0 Å². The SMILES string of the molecule is CCc1nn(C)c(Cl)c1C1CC(=O)NCc2nc3ccccn3c21. The Morgan fingerprint density at radius 2 is 2.25 bits per heavy atom. The Kier molecular flexibility index (Phi) is 3.57. The van der Waals surface area contributed by atoms with Gasteiger partial charge in [0, 0.05) is 31.1 Å². The average Bonchev–Trinajstić information content (AvgIpc) is 3.03. The Morgan fingerprint density at radius 3 is 3.04 bits per heavy atom. The van der Waals surface area contributed by atoms with Crippen molar-refractivity contribution in [2.45, 2.75) is 32.2 Å². The second-order valence-corrected chi connectivity index (χ2v) is 6.39. The first-order chi connectivity index (χ1) is 11.6. The summed E-state index contributed by atoms with van der Waals surface area (Å²) in [6, 6.07) is 5.90. The van der Waals surface area contributed by atoms with Crippen LogP contribution in [-0.2, 0) is 24.8 Å². The van der Waals surface area contributed by atoms with Crippen molar-refractivity contribution in [3.8, 4) is 0 Å². The first-order valence-corrected chi connectivity index (χ1v) is 8.41. The highest BCUT2D eigenvalue weighted by molar-refractivity contribution is 6.30. The first-order valence-electron chi connectivity index (χ1n) is 8.04. The summed E-state index contributed by atoms with van der Waals surface area (Å²) < 4.78 is 3.74. The van der Waals surface area contributed by atoms with Gasteiger partial charge in [-0.2, -0.15) is 5.10 Å². The zero-order valence-corrected chi connectivity index (χ0v) is 14.3. The lowest BCUT2D eigenvalue weighted by Crippen LogP contribution is -2.21. The second kappa shape index (κ2) is 5.63. The van der Waals surface area contributed by atoms with Crippen LogP contribution >= 0.6 is 11.6 Å². The smallest absolute Gasteiger partial charge is 0.221 e. The summed E-state index contributed by atoms with van der Waals surface area (Å²) in [6.07, 6.45) is 3.09. The van der Waals surface area contributed by atoms with E-state index in [1.165, 1.54) is 0 Å². The Morgan fingerprint density at radius 1 is 1.42 bits per heavy atom. The van der Waals surface area contributed by atoms with E-state index >= 15 is 0 Å². The topological polar surface area (TPSA) is 64.2 Å². The minimum Gasteiger partial charge on any atom is -0.350 e. The van der Waals surface area contributed by atoms with Gasteiger partial charge in [-0.05, 0) is 18.6 Å². The largest absolute Gasteiger partial charge is 0.350 e. The van der Waals surface area contributed by atoms with Crippen molar-refractivity contribution >= 4 is 23.2 Å². The van der Waals surface area contributed by atoms with Crippen molar-refractivity contribution in [3.63, 3.8) is 0 Å². The van der Waals surface area contributed by atoms with E-state index in [0.29, 0.717) is 18.1 Å². The number of aryl methyl sites for hydroxylation is 2. The molecule has 0 aromatic carbocycles. The molecule has 3 aromatic heterocycles. The molecule has 7 heteroatoms. The number of aromatic nitrogens is 4. The van der Waals surface area contributed by atoms with Gasteiger partial charge in [0.15, 0.2) is 0 Å². The van der Waals surface area contributed by atoms with Crippen molar-refractivity contribution in [2.24, 2.45) is 7.05 Å². The third-order valence-corrected chi connectivity index (χ3v) is 5.04. The number of nitrogens with one attached hydrogen (secondary N) is 1. The molecule has 1 aliphatic heterocycles. The van der Waals surface area contributed by atoms with Crippen LogP contribution in [0.4, 0.5) is 0 Å². The first kappa shape index (κ1) is 15.2. The number of pyridine rings is 1. The number of fused-ring (bicyclic) bond motifs is 3. The number of carbonyl (C=O) groups is 1. The molecular weight excluding hydrogens is 326 g/mol. The van der Waals surface area contributed by atoms with E-state index in [0.717, 1.165) is 34.7 Å². The maximum atomic E-state index is 12.3. The van der Waals surface area contributed by atoms with Gasteiger partial charge in [0.05, 0.1) is 23.6 Å². The molecule has 1 amide bonds. The number of amides is 1. The number of hydrogen-bond donors (Lipinski definition) is 1. The van der Waals surface area contributed by atoms with Gasteiger partial charge in [-0.15, -0.1) is 0 Å². The van der Waals surface area contributed by atoms with Gasteiger partial charge in [-0.1, -0.05) is 24.6 Å². The molecule has 124 valence electrons. The zero-order valence-electron chi connectivity index (χ0n) is 13.6. The zero-order chi connectivity index (χ0) is 16.8. The molecule has 4 heterocycles. The molecule has 24 heavy (non-hydrogen) atoms. The molecule has 0 saturated heterocycles. The normalized spacial score (nSPS) is 17.6. The quantitative estimate of drug-likeness (QED) is 0.777. The van der Waals surface area contributed by atoms with Gasteiger partial charge in [0.1, 0.15) is 10.8 Å². The van der Waals surface area contributed by atoms with Gasteiger partial charge in [-0.3, -0.25) is 9.48 Å². The number of hydrogen-bond acceptors (Lipinski definition) is 3. The number of carbonyl (C=O) groups excluding carboxylic acids is 1. The van der Waals surface area contributed by atoms with E-state index in [-0.39, 0.29) is 11.8 Å². The summed E-state index contributed by atoms with van der Waals surface area (Å²) >= 11 is 6.55. The number of imidazole rings is 1. The van der Waals surface area contributed by atoms with Crippen LogP contribution in [0.1, 0.15) is 41.9 Å². The maximum absolute atomic E-state index is 12.3. The average molecular weight is 344 g/mol. The Balaban J connectivity index is 2.00. The van der Waals surface area contributed by atoms with Gasteiger partial charge < -0.3 is 9.72 Å². The number of rotatable bonds is 2. The van der Waals surface area contributed by atoms with Crippen LogP contribution in [0.15, 0.2) is 24.4 Å². The fraction of sp³-hybridized carbons (Fsp3) is 0.353. The summed E-state index contributed by atoms with van der Waals surface area (Å²) in [7, 11) is 1.83. The van der Waals surface area contributed by atoms with E-state index in [2.05, 4.69) is 14.8 Å². The molecule has 4 rings (SSSR count). The lowest BCUT2D eigenvalue weighted by molar-refractivity contribution is -0.121. The van der Waals surface area contributed by atoms with Crippen molar-refractivity contribution in [3.05, 3.63) is 52.2 Å². The van der Waals surface area contributed by atoms with Crippen LogP contribution in [0, 0.1) is 0 Å². The molecule has 0 saturated carbocycles. The van der Waals surface area contributed by atoms with E-state index in [4.69, 9.17) is 16.6 Å². The lowest BCUT2D eigenvalue weighted by Gasteiger charge is -2.16. The van der Waals surface area contributed by atoms with Crippen LogP contribution in [-0.4, -0.2) is 25.1 Å². The minimum atomic E-state index is -0.156. The van der Waals surface area contributed by atoms with Gasteiger partial charge in [0.25, 0.3) is 0 Å². The van der Waals surface area contributed by atoms with Gasteiger partial charge in [-0.25, -0.2) is 4.98 Å². The maximum Gasteiger partial charge on any atom is 0.221 e. The summed E-state index contributed by atoms with van der Waals surface area (Å²) in [5.74, 6) is -0.152. The lowest BCUT2D eigenvalue weighted by atomic mass is 9.91. The molecule has 0 bridgehead atoms. The van der Waals surface area contributed by atoms with Crippen LogP contribution < -0.4 is 5.32 Å². The molecule has 0 radical (unpaired) electrons. The highest BCUT2D eigenvalue weighted by Gasteiger charge is 2.33. The van der Waals surface area contributed by atoms with E-state index < -0.39 is 0 Å². The van der Waals surface area contributed by atoms with Crippen LogP contribution in [0.25, 0.3) is 5.65 Å². The third-order valence-electron chi connectivity index (χ3n) is 4.59. The summed E-state index contributed by atoms with van der Waals surface area (Å²) in [4.78, 5) is 17.0. The third kappa shape index (κ3) is 2.21. The molecule has 6 nitrogen and oxygen atoms in total. The van der Waals surface area contributed by atoms with Gasteiger partial charge in [0.2, 0.25) is 5.91 Å². The molecule has 3 aromatic rings. The highest BCUT2D eigenvalue weighted by atomic mass is 35.5. The number of nitrogens with zero attached hydrogens (tertiary/aromatic N) is 4. The number of halogens is 1. The molecule has 1 atom stereocenters. The molecule has 1 unspecified atom stereocenters. The molecule has 0 spiro atoms. The predicted molar refractivity (Wildman–Crippen MR) is 91.1 cm³/mol. The van der Waals surface area contributed by atoms with Crippen LogP contribution in [0.2, 0.25) is 5.15 Å². The standard InChI is InChI=1S/C17H18ClN5O/c1-3-11-15(17(18)22(2)21-11)10-8-14(24)19-9-12-16(10)23-7-5-4-6-13(23)20-12/h4-7,10H,3,8-9H2,1-2H3,(H,19,24). The van der Waals surface area contributed by atoms with E-state index in [1.807, 2.05) is 38.4 Å². The molecular formula is C17H18ClN5O. The predicted octanol–water partition coefficient (Wildman–Crippen LogP) is 2.44. The van der Waals surface area contributed by atoms with Crippen molar-refractivity contribution in [1.29, 1.82) is 0 Å². The summed E-state index contributed by atoms with van der Waals surface area (Å²) in [5.41, 5.74) is 4.65. The molecule has 0 aliphatic carbocycles. The Labute approximate surface area is 144 Å². The monoisotopic (exact) mass is 343 g/mol. The molecule has 1 aliphatic rings. The summed E-state index contributed by atoms with van der Waals surface area (Å²) in [5, 5.41) is 8.05. The van der Waals surface area contributed by atoms with Crippen LogP contribution in [0.3, 0.4) is 0 Å². The second-order valence-electron chi connectivity index (χ2n) is 6.03. The highest BCUT2D eigenvalue weighted by Crippen LogP contribution is 2.38. The van der Waals surface area contributed by atoms with Crippen molar-refractivity contribution < 1.29 is 4.79 Å². The molecule has 0 fully saturated rings. The van der Waals surface area contributed by atoms with E-state index in [1.54, 1.807) is 4.68 Å². The minimum absolute atomic E-state index is 0.00431. The van der Waals surface area contributed by atoms with E-state index in [9.17, 15) is 4.79 Å². The fourth-order valence-corrected chi connectivity index (χ4v) is 3.79. The van der Waals surface area contributed by atoms with Crippen LogP contribution in [0.5, 0.6) is 0 Å². The van der Waals surface area contributed by atoms with Crippen molar-refractivity contribution in [1.82, 2.24) is 24.5 Å². The molecule has 1 N–H and O–H groups in total. The Bertz CT molecular complexity index is 942. The van der Waals surface area contributed by atoms with Gasteiger partial charge >= 0.3 is 0 Å². The fourth-order valence-electron chi connectivity index (χ4n) is 3.52. The Hall–Kier alpha value is -2.34.